The number of rotatable bonds is 3. The molecule has 1 aromatic heterocycles. The Balaban J connectivity index is 2.19. The standard InChI is InChI=1S/C13H19N3O2/c1-3-7-15-8-4-5-11(15)13(18)16-9-6-14-12(17)10(16)2/h4-5,8,10H,3,6-7,9H2,1-2H3,(H,14,17). The Labute approximate surface area is 107 Å². The third-order valence-electron chi connectivity index (χ3n) is 3.27. The number of aryl methyl sites for hydroxylation is 1. The Morgan fingerprint density at radius 1 is 1.56 bits per heavy atom. The monoisotopic (exact) mass is 249 g/mol. The van der Waals surface area contributed by atoms with Crippen LogP contribution in [0.2, 0.25) is 0 Å². The molecular formula is C13H19N3O2. The Morgan fingerprint density at radius 3 is 3.06 bits per heavy atom. The van der Waals surface area contributed by atoms with E-state index < -0.39 is 6.04 Å². The van der Waals surface area contributed by atoms with Gasteiger partial charge in [0.15, 0.2) is 0 Å². The predicted octanol–water partition coefficient (Wildman–Crippen LogP) is 0.859. The summed E-state index contributed by atoms with van der Waals surface area (Å²) in [7, 11) is 0. The minimum atomic E-state index is -0.392. The van der Waals surface area contributed by atoms with Gasteiger partial charge in [-0.2, -0.15) is 0 Å². The molecule has 5 nitrogen and oxygen atoms in total. The molecule has 1 unspecified atom stereocenters. The number of amides is 2. The van der Waals surface area contributed by atoms with Crippen molar-refractivity contribution in [2.24, 2.45) is 0 Å². The number of nitrogens with zero attached hydrogens (tertiary/aromatic N) is 2. The Bertz CT molecular complexity index is 453. The molecule has 1 atom stereocenters. The molecule has 1 saturated heterocycles. The van der Waals surface area contributed by atoms with Crippen molar-refractivity contribution in [3.8, 4) is 0 Å². The van der Waals surface area contributed by atoms with Crippen LogP contribution in [0.5, 0.6) is 0 Å². The fourth-order valence-corrected chi connectivity index (χ4v) is 2.25. The molecule has 1 fully saturated rings. The van der Waals surface area contributed by atoms with Crippen molar-refractivity contribution in [3.63, 3.8) is 0 Å². The second-order valence-electron chi connectivity index (χ2n) is 4.55. The summed E-state index contributed by atoms with van der Waals surface area (Å²) < 4.78 is 1.95. The minimum absolute atomic E-state index is 0.0594. The molecule has 98 valence electrons. The van der Waals surface area contributed by atoms with Gasteiger partial charge in [-0.1, -0.05) is 6.92 Å². The predicted molar refractivity (Wildman–Crippen MR) is 68.2 cm³/mol. The number of carbonyl (C=O) groups is 2. The van der Waals surface area contributed by atoms with Crippen LogP contribution in [0.1, 0.15) is 30.8 Å². The highest BCUT2D eigenvalue weighted by atomic mass is 16.2. The second-order valence-corrected chi connectivity index (χ2v) is 4.55. The molecule has 2 heterocycles. The van der Waals surface area contributed by atoms with E-state index >= 15 is 0 Å². The molecule has 18 heavy (non-hydrogen) atoms. The summed E-state index contributed by atoms with van der Waals surface area (Å²) in [6.07, 6.45) is 2.89. The SMILES string of the molecule is CCCn1cccc1C(=O)N1CCNC(=O)C1C. The molecule has 5 heteroatoms. The van der Waals surface area contributed by atoms with Crippen molar-refractivity contribution in [3.05, 3.63) is 24.0 Å². The van der Waals surface area contributed by atoms with Crippen LogP contribution in [0.25, 0.3) is 0 Å². The Morgan fingerprint density at radius 2 is 2.33 bits per heavy atom. The minimum Gasteiger partial charge on any atom is -0.353 e. The van der Waals surface area contributed by atoms with Crippen LogP contribution in [0, 0.1) is 0 Å². The van der Waals surface area contributed by atoms with Crippen molar-refractivity contribution in [2.75, 3.05) is 13.1 Å². The van der Waals surface area contributed by atoms with E-state index in [9.17, 15) is 9.59 Å². The van der Waals surface area contributed by atoms with E-state index in [4.69, 9.17) is 0 Å². The van der Waals surface area contributed by atoms with Gasteiger partial charge in [0.1, 0.15) is 11.7 Å². The first kappa shape index (κ1) is 12.7. The Hall–Kier alpha value is -1.78. The first-order chi connectivity index (χ1) is 8.65. The third-order valence-corrected chi connectivity index (χ3v) is 3.27. The summed E-state index contributed by atoms with van der Waals surface area (Å²) in [6, 6.07) is 3.30. The summed E-state index contributed by atoms with van der Waals surface area (Å²) in [6.45, 7) is 5.76. The van der Waals surface area contributed by atoms with E-state index in [-0.39, 0.29) is 11.8 Å². The number of hydrogen-bond acceptors (Lipinski definition) is 2. The van der Waals surface area contributed by atoms with Crippen LogP contribution in [0.3, 0.4) is 0 Å². The molecule has 2 amide bonds. The van der Waals surface area contributed by atoms with Gasteiger partial charge in [0.25, 0.3) is 5.91 Å². The van der Waals surface area contributed by atoms with Crippen LogP contribution in [-0.4, -0.2) is 40.4 Å². The lowest BCUT2D eigenvalue weighted by molar-refractivity contribution is -0.127. The van der Waals surface area contributed by atoms with Crippen molar-refractivity contribution < 1.29 is 9.59 Å². The molecule has 0 saturated carbocycles. The average molecular weight is 249 g/mol. The first-order valence-electron chi connectivity index (χ1n) is 6.39. The lowest BCUT2D eigenvalue weighted by atomic mass is 10.2. The maximum Gasteiger partial charge on any atom is 0.271 e. The summed E-state index contributed by atoms with van der Waals surface area (Å²) in [5.41, 5.74) is 0.665. The molecule has 2 rings (SSSR count). The van der Waals surface area contributed by atoms with Gasteiger partial charge in [-0.05, 0) is 25.5 Å². The number of aromatic nitrogens is 1. The van der Waals surface area contributed by atoms with Crippen LogP contribution in [0.15, 0.2) is 18.3 Å². The fraction of sp³-hybridized carbons (Fsp3) is 0.538. The van der Waals surface area contributed by atoms with E-state index in [1.165, 1.54) is 0 Å². The van der Waals surface area contributed by atoms with Crippen molar-refractivity contribution >= 4 is 11.8 Å². The smallest absolute Gasteiger partial charge is 0.271 e. The van der Waals surface area contributed by atoms with E-state index in [2.05, 4.69) is 12.2 Å². The highest BCUT2D eigenvalue weighted by Crippen LogP contribution is 2.12. The van der Waals surface area contributed by atoms with E-state index in [0.717, 1.165) is 13.0 Å². The quantitative estimate of drug-likeness (QED) is 0.863. The number of carbonyl (C=O) groups excluding carboxylic acids is 2. The molecule has 1 N–H and O–H groups in total. The van der Waals surface area contributed by atoms with Gasteiger partial charge in [0.05, 0.1) is 0 Å². The normalized spacial score (nSPS) is 19.8. The maximum absolute atomic E-state index is 12.4. The second kappa shape index (κ2) is 5.25. The molecule has 1 aromatic rings. The van der Waals surface area contributed by atoms with Gasteiger partial charge in [-0.25, -0.2) is 0 Å². The molecular weight excluding hydrogens is 230 g/mol. The zero-order chi connectivity index (χ0) is 13.1. The van der Waals surface area contributed by atoms with Gasteiger partial charge in [-0.15, -0.1) is 0 Å². The molecule has 0 spiro atoms. The van der Waals surface area contributed by atoms with Crippen molar-refractivity contribution in [1.82, 2.24) is 14.8 Å². The van der Waals surface area contributed by atoms with Crippen LogP contribution in [-0.2, 0) is 11.3 Å². The number of piperazine rings is 1. The van der Waals surface area contributed by atoms with E-state index in [0.29, 0.717) is 18.8 Å². The van der Waals surface area contributed by atoms with Gasteiger partial charge in [0.2, 0.25) is 5.91 Å². The van der Waals surface area contributed by atoms with Crippen LogP contribution < -0.4 is 5.32 Å². The molecule has 1 aliphatic rings. The van der Waals surface area contributed by atoms with Crippen molar-refractivity contribution in [1.29, 1.82) is 0 Å². The van der Waals surface area contributed by atoms with E-state index in [1.54, 1.807) is 11.8 Å². The molecule has 0 aliphatic carbocycles. The highest BCUT2D eigenvalue weighted by molar-refractivity contribution is 5.97. The van der Waals surface area contributed by atoms with Crippen molar-refractivity contribution in [2.45, 2.75) is 32.9 Å². The third kappa shape index (κ3) is 2.25. The molecule has 0 bridgehead atoms. The van der Waals surface area contributed by atoms with Gasteiger partial charge in [-0.3, -0.25) is 9.59 Å². The fourth-order valence-electron chi connectivity index (χ4n) is 2.25. The number of hydrogen-bond donors (Lipinski definition) is 1. The Kier molecular flexibility index (Phi) is 3.69. The largest absolute Gasteiger partial charge is 0.353 e. The molecule has 1 aliphatic heterocycles. The topological polar surface area (TPSA) is 54.3 Å². The lowest BCUT2D eigenvalue weighted by Gasteiger charge is -2.33. The first-order valence-corrected chi connectivity index (χ1v) is 6.39. The zero-order valence-electron chi connectivity index (χ0n) is 10.8. The van der Waals surface area contributed by atoms with Gasteiger partial charge in [0, 0.05) is 25.8 Å². The summed E-state index contributed by atoms with van der Waals surface area (Å²) in [5, 5.41) is 2.76. The highest BCUT2D eigenvalue weighted by Gasteiger charge is 2.30. The van der Waals surface area contributed by atoms with Crippen LogP contribution >= 0.6 is 0 Å². The lowest BCUT2D eigenvalue weighted by Crippen LogP contribution is -2.56. The summed E-state index contributed by atoms with van der Waals surface area (Å²) in [4.78, 5) is 25.7. The summed E-state index contributed by atoms with van der Waals surface area (Å²) in [5.74, 6) is -0.140. The maximum atomic E-state index is 12.4. The summed E-state index contributed by atoms with van der Waals surface area (Å²) >= 11 is 0. The zero-order valence-corrected chi connectivity index (χ0v) is 10.8. The van der Waals surface area contributed by atoms with E-state index in [1.807, 2.05) is 22.9 Å². The molecule has 0 aromatic carbocycles. The average Bonchev–Trinajstić information content (AvgIpc) is 2.80. The van der Waals surface area contributed by atoms with Gasteiger partial charge >= 0.3 is 0 Å². The van der Waals surface area contributed by atoms with Gasteiger partial charge < -0.3 is 14.8 Å². The van der Waals surface area contributed by atoms with Crippen LogP contribution in [0.4, 0.5) is 0 Å². The molecule has 0 radical (unpaired) electrons. The number of nitrogens with one attached hydrogen (secondary N) is 1.